The van der Waals surface area contributed by atoms with Gasteiger partial charge in [0.25, 0.3) is 0 Å². The number of amides is 2. The average Bonchev–Trinajstić information content (AvgIpc) is 2.68. The molecule has 98 valence electrons. The van der Waals surface area contributed by atoms with E-state index in [0.717, 1.165) is 31.6 Å². The van der Waals surface area contributed by atoms with Gasteiger partial charge in [0.2, 0.25) is 0 Å². The molecule has 2 fully saturated rings. The minimum absolute atomic E-state index is 0.00439. The first-order valence-electron chi connectivity index (χ1n) is 6.58. The van der Waals surface area contributed by atoms with Crippen LogP contribution in [0, 0.1) is 0 Å². The van der Waals surface area contributed by atoms with Crippen LogP contribution in [0.2, 0.25) is 0 Å². The highest BCUT2D eigenvalue weighted by molar-refractivity contribution is 7.80. The zero-order valence-electron chi connectivity index (χ0n) is 10.3. The van der Waals surface area contributed by atoms with Crippen LogP contribution in [0.25, 0.3) is 0 Å². The van der Waals surface area contributed by atoms with Crippen LogP contribution in [-0.2, 0) is 0 Å². The Morgan fingerprint density at radius 2 is 2.24 bits per heavy atom. The van der Waals surface area contributed by atoms with Gasteiger partial charge in [0.1, 0.15) is 0 Å². The van der Waals surface area contributed by atoms with Gasteiger partial charge >= 0.3 is 6.03 Å². The molecule has 0 radical (unpaired) electrons. The number of nitrogens with one attached hydrogen (secondary N) is 1. The van der Waals surface area contributed by atoms with E-state index in [2.05, 4.69) is 22.8 Å². The lowest BCUT2D eigenvalue weighted by molar-refractivity contribution is 0.145. The van der Waals surface area contributed by atoms with Crippen molar-refractivity contribution in [2.24, 2.45) is 5.73 Å². The molecule has 2 amide bonds. The molecule has 1 heterocycles. The highest BCUT2D eigenvalue weighted by Crippen LogP contribution is 2.35. The molecule has 5 heteroatoms. The van der Waals surface area contributed by atoms with Gasteiger partial charge in [0.15, 0.2) is 0 Å². The molecule has 1 aliphatic heterocycles. The molecule has 0 aromatic carbocycles. The fourth-order valence-corrected chi connectivity index (χ4v) is 3.47. The lowest BCUT2D eigenvalue weighted by Crippen LogP contribution is -2.56. The van der Waals surface area contributed by atoms with E-state index in [-0.39, 0.29) is 11.6 Å². The highest BCUT2D eigenvalue weighted by Gasteiger charge is 2.38. The number of thiol groups is 1. The number of primary amides is 1. The fourth-order valence-electron chi connectivity index (χ4n) is 3.06. The molecule has 1 unspecified atom stereocenters. The van der Waals surface area contributed by atoms with Gasteiger partial charge in [-0.1, -0.05) is 0 Å². The second-order valence-electron chi connectivity index (χ2n) is 5.39. The van der Waals surface area contributed by atoms with Crippen molar-refractivity contribution < 1.29 is 4.79 Å². The highest BCUT2D eigenvalue weighted by atomic mass is 32.1. The van der Waals surface area contributed by atoms with Crippen molar-refractivity contribution in [2.75, 3.05) is 18.8 Å². The quantitative estimate of drug-likeness (QED) is 0.651. The summed E-state index contributed by atoms with van der Waals surface area (Å²) >= 11 is 4.40. The number of urea groups is 1. The number of rotatable bonds is 5. The van der Waals surface area contributed by atoms with Crippen LogP contribution < -0.4 is 11.1 Å². The van der Waals surface area contributed by atoms with Gasteiger partial charge in [-0.15, -0.1) is 0 Å². The second-order valence-corrected chi connectivity index (χ2v) is 5.75. The van der Waals surface area contributed by atoms with E-state index in [1.807, 2.05) is 0 Å². The summed E-state index contributed by atoms with van der Waals surface area (Å²) in [7, 11) is 0. The molecule has 2 aliphatic rings. The molecule has 0 aromatic rings. The molecule has 0 spiro atoms. The fraction of sp³-hybridized carbons (Fsp3) is 0.917. The first-order valence-corrected chi connectivity index (χ1v) is 7.21. The zero-order valence-corrected chi connectivity index (χ0v) is 11.2. The van der Waals surface area contributed by atoms with Gasteiger partial charge in [-0.2, -0.15) is 12.6 Å². The molecule has 2 rings (SSSR count). The second kappa shape index (κ2) is 5.48. The largest absolute Gasteiger partial charge is 0.352 e. The first-order chi connectivity index (χ1) is 8.15. The molecular formula is C12H23N3OS. The minimum Gasteiger partial charge on any atom is -0.352 e. The maximum absolute atomic E-state index is 11.0. The molecule has 0 bridgehead atoms. The molecule has 3 N–H and O–H groups in total. The number of hydrogen-bond donors (Lipinski definition) is 3. The summed E-state index contributed by atoms with van der Waals surface area (Å²) in [6.07, 6.45) is 6.93. The average molecular weight is 257 g/mol. The Hall–Kier alpha value is -0.420. The number of nitrogens with two attached hydrogens (primary N) is 1. The Morgan fingerprint density at radius 3 is 2.76 bits per heavy atom. The van der Waals surface area contributed by atoms with Crippen molar-refractivity contribution in [3.8, 4) is 0 Å². The van der Waals surface area contributed by atoms with Gasteiger partial charge in [0.05, 0.1) is 0 Å². The van der Waals surface area contributed by atoms with E-state index in [9.17, 15) is 4.79 Å². The Morgan fingerprint density at radius 1 is 1.47 bits per heavy atom. The number of nitrogens with zero attached hydrogens (tertiary/aromatic N) is 1. The van der Waals surface area contributed by atoms with E-state index in [1.165, 1.54) is 25.8 Å². The number of carbonyl (C=O) groups is 1. The summed E-state index contributed by atoms with van der Waals surface area (Å²) in [6, 6.07) is 0.251. The Balaban J connectivity index is 1.81. The predicted octanol–water partition coefficient (Wildman–Crippen LogP) is 1.36. The van der Waals surface area contributed by atoms with Crippen LogP contribution in [0.4, 0.5) is 4.79 Å². The van der Waals surface area contributed by atoms with Gasteiger partial charge in [-0.25, -0.2) is 4.79 Å². The third-order valence-electron chi connectivity index (χ3n) is 4.29. The van der Waals surface area contributed by atoms with Crippen LogP contribution in [0.15, 0.2) is 0 Å². The van der Waals surface area contributed by atoms with Crippen LogP contribution in [-0.4, -0.2) is 41.4 Å². The van der Waals surface area contributed by atoms with Crippen LogP contribution >= 0.6 is 12.6 Å². The van der Waals surface area contributed by atoms with Crippen LogP contribution in [0.1, 0.15) is 38.5 Å². The summed E-state index contributed by atoms with van der Waals surface area (Å²) in [4.78, 5) is 13.5. The van der Waals surface area contributed by atoms with E-state index in [0.29, 0.717) is 6.04 Å². The normalized spacial score (nSPS) is 27.7. The van der Waals surface area contributed by atoms with Crippen molar-refractivity contribution >= 4 is 18.7 Å². The standard InChI is InChI=1S/C12H23N3OS/c13-11(16)14-12(4-2-5-12)6-8-15-7-1-3-10(15)9-17/h10,17H,1-9H2,(H3,13,14,16). The van der Waals surface area contributed by atoms with Gasteiger partial charge < -0.3 is 11.1 Å². The Labute approximate surface area is 109 Å². The van der Waals surface area contributed by atoms with E-state index >= 15 is 0 Å². The van der Waals surface area contributed by atoms with Crippen LogP contribution in [0.5, 0.6) is 0 Å². The van der Waals surface area contributed by atoms with Crippen molar-refractivity contribution in [2.45, 2.75) is 50.1 Å². The third-order valence-corrected chi connectivity index (χ3v) is 4.71. The molecule has 1 saturated heterocycles. The molecule has 4 nitrogen and oxygen atoms in total. The Kier molecular flexibility index (Phi) is 4.20. The lowest BCUT2D eigenvalue weighted by atomic mass is 9.74. The molecule has 0 aromatic heterocycles. The van der Waals surface area contributed by atoms with Gasteiger partial charge in [-0.3, -0.25) is 4.90 Å². The van der Waals surface area contributed by atoms with E-state index in [1.54, 1.807) is 0 Å². The number of carbonyl (C=O) groups excluding carboxylic acids is 1. The summed E-state index contributed by atoms with van der Waals surface area (Å²) < 4.78 is 0. The summed E-state index contributed by atoms with van der Waals surface area (Å²) in [5, 5.41) is 2.94. The minimum atomic E-state index is -0.378. The van der Waals surface area contributed by atoms with E-state index in [4.69, 9.17) is 5.73 Å². The van der Waals surface area contributed by atoms with Crippen molar-refractivity contribution in [1.29, 1.82) is 0 Å². The molecule has 1 aliphatic carbocycles. The van der Waals surface area contributed by atoms with Crippen molar-refractivity contribution in [1.82, 2.24) is 10.2 Å². The number of hydrogen-bond acceptors (Lipinski definition) is 3. The summed E-state index contributed by atoms with van der Waals surface area (Å²) in [5.74, 6) is 0.941. The van der Waals surface area contributed by atoms with Crippen molar-refractivity contribution in [3.63, 3.8) is 0 Å². The topological polar surface area (TPSA) is 58.4 Å². The SMILES string of the molecule is NC(=O)NC1(CCN2CCCC2CS)CCC1. The molecular weight excluding hydrogens is 234 g/mol. The maximum atomic E-state index is 11.0. The zero-order chi connectivity index (χ0) is 12.3. The molecule has 1 saturated carbocycles. The van der Waals surface area contributed by atoms with Crippen LogP contribution in [0.3, 0.4) is 0 Å². The monoisotopic (exact) mass is 257 g/mol. The van der Waals surface area contributed by atoms with Gasteiger partial charge in [0, 0.05) is 23.9 Å². The number of likely N-dealkylation sites (tertiary alicyclic amines) is 1. The Bertz CT molecular complexity index is 281. The smallest absolute Gasteiger partial charge is 0.312 e. The summed E-state index contributed by atoms with van der Waals surface area (Å²) in [5.41, 5.74) is 5.24. The molecule has 17 heavy (non-hydrogen) atoms. The maximum Gasteiger partial charge on any atom is 0.312 e. The predicted molar refractivity (Wildman–Crippen MR) is 72.4 cm³/mol. The third kappa shape index (κ3) is 3.07. The lowest BCUT2D eigenvalue weighted by Gasteiger charge is -2.43. The molecule has 1 atom stereocenters. The van der Waals surface area contributed by atoms with E-state index < -0.39 is 0 Å². The van der Waals surface area contributed by atoms with Crippen molar-refractivity contribution in [3.05, 3.63) is 0 Å². The summed E-state index contributed by atoms with van der Waals surface area (Å²) in [6.45, 7) is 2.24. The first kappa shape index (κ1) is 13.0. The van der Waals surface area contributed by atoms with Gasteiger partial charge in [-0.05, 0) is 45.1 Å².